The van der Waals surface area contributed by atoms with E-state index in [0.29, 0.717) is 18.2 Å². The first kappa shape index (κ1) is 13.4. The van der Waals surface area contributed by atoms with Crippen LogP contribution in [0.25, 0.3) is 0 Å². The monoisotopic (exact) mass is 251 g/mol. The molecule has 0 fully saturated rings. The summed E-state index contributed by atoms with van der Waals surface area (Å²) in [7, 11) is 0. The van der Waals surface area contributed by atoms with E-state index < -0.39 is 41.6 Å². The van der Waals surface area contributed by atoms with E-state index >= 15 is 0 Å². The molecular formula is C10H9F4NO2. The molecule has 0 saturated carbocycles. The highest BCUT2D eigenvalue weighted by atomic mass is 19.4. The van der Waals surface area contributed by atoms with Gasteiger partial charge >= 0.3 is 12.1 Å². The third kappa shape index (κ3) is 3.42. The Bertz CT molecular complexity index is 431. The minimum Gasteiger partial charge on any atom is -0.480 e. The topological polar surface area (TPSA) is 63.3 Å². The first-order valence-electron chi connectivity index (χ1n) is 4.56. The van der Waals surface area contributed by atoms with Gasteiger partial charge in [0.15, 0.2) is 0 Å². The Hall–Kier alpha value is -1.63. The lowest BCUT2D eigenvalue weighted by Crippen LogP contribution is -2.33. The first-order chi connectivity index (χ1) is 7.71. The lowest BCUT2D eigenvalue weighted by Gasteiger charge is -2.14. The zero-order valence-corrected chi connectivity index (χ0v) is 8.46. The number of rotatable bonds is 3. The predicted octanol–water partition coefficient (Wildman–Crippen LogP) is 1.80. The fourth-order valence-electron chi connectivity index (χ4n) is 1.33. The summed E-state index contributed by atoms with van der Waals surface area (Å²) in [6, 6.07) is 0.377. The van der Waals surface area contributed by atoms with E-state index in [2.05, 4.69) is 0 Å². The molecule has 3 nitrogen and oxygen atoms in total. The van der Waals surface area contributed by atoms with Gasteiger partial charge in [0.1, 0.15) is 11.9 Å². The smallest absolute Gasteiger partial charge is 0.416 e. The number of carboxylic acids is 1. The second-order valence-electron chi connectivity index (χ2n) is 3.45. The zero-order chi connectivity index (χ0) is 13.2. The molecule has 0 aromatic heterocycles. The summed E-state index contributed by atoms with van der Waals surface area (Å²) in [5.41, 5.74) is 3.58. The minimum atomic E-state index is -4.67. The predicted molar refractivity (Wildman–Crippen MR) is 50.7 cm³/mol. The average molecular weight is 251 g/mol. The molecule has 1 rings (SSSR count). The van der Waals surface area contributed by atoms with Crippen LogP contribution in [0.4, 0.5) is 17.6 Å². The molecule has 7 heteroatoms. The Morgan fingerprint density at radius 1 is 1.41 bits per heavy atom. The lowest BCUT2D eigenvalue weighted by molar-refractivity contribution is -0.140. The number of nitrogens with two attached hydrogens (primary N) is 1. The molecule has 94 valence electrons. The number of carboxylic acid groups (broad SMARTS) is 1. The van der Waals surface area contributed by atoms with E-state index in [0.717, 1.165) is 0 Å². The molecule has 0 bridgehead atoms. The van der Waals surface area contributed by atoms with Crippen LogP contribution in [0.15, 0.2) is 18.2 Å². The van der Waals surface area contributed by atoms with Gasteiger partial charge in [0.2, 0.25) is 0 Å². The molecule has 0 aliphatic carbocycles. The van der Waals surface area contributed by atoms with E-state index in [1.165, 1.54) is 0 Å². The van der Waals surface area contributed by atoms with Crippen LogP contribution in [0.2, 0.25) is 0 Å². The Balaban J connectivity index is 3.12. The van der Waals surface area contributed by atoms with Crippen molar-refractivity contribution in [2.24, 2.45) is 5.73 Å². The van der Waals surface area contributed by atoms with Gasteiger partial charge in [0.25, 0.3) is 0 Å². The Morgan fingerprint density at radius 2 is 2.00 bits per heavy atom. The molecule has 1 atom stereocenters. The van der Waals surface area contributed by atoms with Crippen molar-refractivity contribution in [2.45, 2.75) is 18.6 Å². The van der Waals surface area contributed by atoms with Gasteiger partial charge in [-0.25, -0.2) is 4.39 Å². The van der Waals surface area contributed by atoms with Crippen molar-refractivity contribution in [1.82, 2.24) is 0 Å². The lowest BCUT2D eigenvalue weighted by atomic mass is 10.00. The van der Waals surface area contributed by atoms with Crippen molar-refractivity contribution in [3.63, 3.8) is 0 Å². The maximum absolute atomic E-state index is 12.8. The molecule has 0 radical (unpaired) electrons. The van der Waals surface area contributed by atoms with Gasteiger partial charge in [0.05, 0.1) is 5.56 Å². The van der Waals surface area contributed by atoms with Crippen LogP contribution in [0.5, 0.6) is 0 Å². The summed E-state index contributed by atoms with van der Waals surface area (Å²) in [6.45, 7) is 0. The Morgan fingerprint density at radius 3 is 2.47 bits per heavy atom. The fraction of sp³-hybridized carbons (Fsp3) is 0.300. The van der Waals surface area contributed by atoms with Gasteiger partial charge in [0, 0.05) is 0 Å². The van der Waals surface area contributed by atoms with Gasteiger partial charge < -0.3 is 10.8 Å². The van der Waals surface area contributed by atoms with E-state index in [1.54, 1.807) is 0 Å². The Labute approximate surface area is 93.8 Å². The van der Waals surface area contributed by atoms with Gasteiger partial charge in [-0.15, -0.1) is 0 Å². The molecule has 0 aliphatic heterocycles. The van der Waals surface area contributed by atoms with Crippen molar-refractivity contribution in [3.8, 4) is 0 Å². The van der Waals surface area contributed by atoms with Crippen LogP contribution in [0.3, 0.4) is 0 Å². The van der Waals surface area contributed by atoms with Gasteiger partial charge in [-0.2, -0.15) is 13.2 Å². The second-order valence-corrected chi connectivity index (χ2v) is 3.45. The molecule has 17 heavy (non-hydrogen) atoms. The quantitative estimate of drug-likeness (QED) is 0.805. The third-order valence-electron chi connectivity index (χ3n) is 2.13. The van der Waals surface area contributed by atoms with Crippen LogP contribution < -0.4 is 5.73 Å². The van der Waals surface area contributed by atoms with E-state index in [-0.39, 0.29) is 0 Å². The molecule has 1 aromatic rings. The molecule has 0 unspecified atom stereocenters. The van der Waals surface area contributed by atoms with Crippen molar-refractivity contribution >= 4 is 5.97 Å². The molecular weight excluding hydrogens is 242 g/mol. The van der Waals surface area contributed by atoms with Crippen LogP contribution in [0.1, 0.15) is 11.1 Å². The number of aliphatic carboxylic acids is 1. The summed E-state index contributed by atoms with van der Waals surface area (Å²) in [6.07, 6.45) is -5.25. The van der Waals surface area contributed by atoms with Crippen molar-refractivity contribution in [2.75, 3.05) is 0 Å². The number of hydrogen-bond donors (Lipinski definition) is 2. The van der Waals surface area contributed by atoms with Crippen molar-refractivity contribution < 1.29 is 27.5 Å². The SMILES string of the molecule is N[C@H](Cc1cc(F)ccc1C(F)(F)F)C(=O)O. The van der Waals surface area contributed by atoms with Crippen molar-refractivity contribution in [1.29, 1.82) is 0 Å². The summed E-state index contributed by atoms with van der Waals surface area (Å²) in [4.78, 5) is 10.4. The number of benzene rings is 1. The normalized spacial score (nSPS) is 13.5. The van der Waals surface area contributed by atoms with Gasteiger partial charge in [-0.3, -0.25) is 4.79 Å². The van der Waals surface area contributed by atoms with Crippen LogP contribution in [-0.4, -0.2) is 17.1 Å². The summed E-state index contributed by atoms with van der Waals surface area (Å²) in [5, 5.41) is 8.51. The molecule has 0 aliphatic rings. The molecule has 0 amide bonds. The van der Waals surface area contributed by atoms with Crippen molar-refractivity contribution in [3.05, 3.63) is 35.1 Å². The van der Waals surface area contributed by atoms with Gasteiger partial charge in [-0.05, 0) is 30.2 Å². The summed E-state index contributed by atoms with van der Waals surface area (Å²) < 4.78 is 50.4. The molecule has 1 aromatic carbocycles. The van der Waals surface area contributed by atoms with Crippen LogP contribution in [-0.2, 0) is 17.4 Å². The standard InChI is InChI=1S/C10H9F4NO2/c11-6-1-2-7(10(12,13)14)5(3-6)4-8(15)9(16)17/h1-3,8H,4,15H2,(H,16,17)/t8-/m1/s1. The maximum atomic E-state index is 12.8. The summed E-state index contributed by atoms with van der Waals surface area (Å²) >= 11 is 0. The first-order valence-corrected chi connectivity index (χ1v) is 4.56. The van der Waals surface area contributed by atoms with E-state index in [9.17, 15) is 22.4 Å². The highest BCUT2D eigenvalue weighted by Crippen LogP contribution is 2.32. The van der Waals surface area contributed by atoms with Gasteiger partial charge in [-0.1, -0.05) is 0 Å². The number of carbonyl (C=O) groups is 1. The van der Waals surface area contributed by atoms with Crippen LogP contribution >= 0.6 is 0 Å². The number of hydrogen-bond acceptors (Lipinski definition) is 2. The fourth-order valence-corrected chi connectivity index (χ4v) is 1.33. The second kappa shape index (κ2) is 4.70. The Kier molecular flexibility index (Phi) is 3.72. The minimum absolute atomic E-state index is 0.465. The molecule has 0 heterocycles. The zero-order valence-electron chi connectivity index (χ0n) is 8.46. The van der Waals surface area contributed by atoms with E-state index in [1.807, 2.05) is 0 Å². The maximum Gasteiger partial charge on any atom is 0.416 e. The van der Waals surface area contributed by atoms with Crippen LogP contribution in [0, 0.1) is 5.82 Å². The average Bonchev–Trinajstić information content (AvgIpc) is 2.15. The van der Waals surface area contributed by atoms with E-state index in [4.69, 9.17) is 10.8 Å². The molecule has 3 N–H and O–H groups in total. The molecule has 0 spiro atoms. The summed E-state index contributed by atoms with van der Waals surface area (Å²) in [5.74, 6) is -2.31. The third-order valence-corrected chi connectivity index (χ3v) is 2.13. The highest BCUT2D eigenvalue weighted by Gasteiger charge is 2.34. The number of halogens is 4. The number of alkyl halides is 3. The highest BCUT2D eigenvalue weighted by molar-refractivity contribution is 5.73. The molecule has 0 saturated heterocycles. The largest absolute Gasteiger partial charge is 0.480 e.